The van der Waals surface area contributed by atoms with Gasteiger partial charge in [0.05, 0.1) is 18.8 Å². The first-order chi connectivity index (χ1) is 9.13. The summed E-state index contributed by atoms with van der Waals surface area (Å²) in [6, 6.07) is 0. The Morgan fingerprint density at radius 1 is 1.63 bits per heavy atom. The number of nitrogens with zero attached hydrogens (tertiary/aromatic N) is 2. The van der Waals surface area contributed by atoms with Crippen LogP contribution in [0.1, 0.15) is 5.56 Å². The molecule has 0 saturated heterocycles. The predicted octanol–water partition coefficient (Wildman–Crippen LogP) is 1.24. The van der Waals surface area contributed by atoms with E-state index in [1.54, 1.807) is 25.5 Å². The van der Waals surface area contributed by atoms with Crippen LogP contribution in [-0.2, 0) is 11.3 Å². The zero-order chi connectivity index (χ0) is 13.8. The van der Waals surface area contributed by atoms with Gasteiger partial charge in [-0.05, 0) is 30.4 Å². The van der Waals surface area contributed by atoms with Crippen LogP contribution < -0.4 is 5.56 Å². The highest BCUT2D eigenvalue weighted by molar-refractivity contribution is 7.71. The minimum Gasteiger partial charge on any atom is -0.494 e. The van der Waals surface area contributed by atoms with Crippen molar-refractivity contribution in [3.63, 3.8) is 0 Å². The molecule has 2 rings (SSSR count). The third-order valence-corrected chi connectivity index (χ3v) is 2.92. The highest BCUT2D eigenvalue weighted by Crippen LogP contribution is 2.18. The number of aromatic amines is 1. The molecule has 19 heavy (non-hydrogen) atoms. The third kappa shape index (κ3) is 2.88. The summed E-state index contributed by atoms with van der Waals surface area (Å²) in [5.74, 6) is -0.186. The average molecular weight is 279 g/mol. The number of aromatic nitrogens is 2. The van der Waals surface area contributed by atoms with Gasteiger partial charge < -0.3 is 9.84 Å². The lowest BCUT2D eigenvalue weighted by Crippen LogP contribution is -2.18. The van der Waals surface area contributed by atoms with Crippen molar-refractivity contribution in [2.24, 2.45) is 4.99 Å². The zero-order valence-electron chi connectivity index (χ0n) is 10.3. The Morgan fingerprint density at radius 3 is 3.05 bits per heavy atom. The highest BCUT2D eigenvalue weighted by Gasteiger charge is 2.11. The van der Waals surface area contributed by atoms with Crippen molar-refractivity contribution in [3.05, 3.63) is 38.5 Å². The van der Waals surface area contributed by atoms with Crippen molar-refractivity contribution >= 4 is 24.5 Å². The van der Waals surface area contributed by atoms with E-state index >= 15 is 0 Å². The van der Waals surface area contributed by atoms with Gasteiger partial charge in [0, 0.05) is 13.3 Å². The standard InChI is InChI=1S/C12H13N3O3S/c1-18-6-5-15-11(17)9(10(16)14-12(15)19)7-8-3-2-4-13-8/h2-4,7,17H,5-6H2,1H3,(H,14,16,19)/b8-7+. The Kier molecular flexibility index (Phi) is 4.08. The maximum absolute atomic E-state index is 11.8. The van der Waals surface area contributed by atoms with Crippen LogP contribution in [0.3, 0.4) is 0 Å². The van der Waals surface area contributed by atoms with E-state index in [2.05, 4.69) is 9.98 Å². The molecule has 1 aliphatic heterocycles. The van der Waals surface area contributed by atoms with E-state index in [9.17, 15) is 9.90 Å². The molecule has 0 aromatic carbocycles. The summed E-state index contributed by atoms with van der Waals surface area (Å²) in [4.78, 5) is 18.4. The molecule has 2 N–H and O–H groups in total. The van der Waals surface area contributed by atoms with Gasteiger partial charge in [-0.25, -0.2) is 0 Å². The van der Waals surface area contributed by atoms with Crippen LogP contribution in [0.15, 0.2) is 27.6 Å². The normalized spacial score (nSPS) is 15.5. The van der Waals surface area contributed by atoms with Gasteiger partial charge in [-0.2, -0.15) is 0 Å². The number of hydrogen-bond acceptors (Lipinski definition) is 5. The van der Waals surface area contributed by atoms with Gasteiger partial charge in [-0.3, -0.25) is 19.3 Å². The molecular formula is C12H13N3O3S. The van der Waals surface area contributed by atoms with Crippen LogP contribution in [0.5, 0.6) is 5.88 Å². The summed E-state index contributed by atoms with van der Waals surface area (Å²) in [6.45, 7) is 0.731. The fourth-order valence-corrected chi connectivity index (χ4v) is 1.91. The minimum absolute atomic E-state index is 0.128. The highest BCUT2D eigenvalue weighted by atomic mass is 32.1. The largest absolute Gasteiger partial charge is 0.494 e. The molecule has 1 aromatic heterocycles. The van der Waals surface area contributed by atoms with E-state index in [0.29, 0.717) is 18.8 Å². The van der Waals surface area contributed by atoms with Crippen LogP contribution in [0.4, 0.5) is 0 Å². The molecule has 7 heteroatoms. The number of nitrogens with one attached hydrogen (secondary N) is 1. The molecule has 1 aromatic rings. The van der Waals surface area contributed by atoms with Crippen molar-refractivity contribution in [3.8, 4) is 5.88 Å². The minimum atomic E-state index is -0.445. The molecule has 1 aliphatic rings. The lowest BCUT2D eigenvalue weighted by Gasteiger charge is -2.10. The topological polar surface area (TPSA) is 79.6 Å². The molecule has 0 atom stereocenters. The summed E-state index contributed by atoms with van der Waals surface area (Å²) >= 11 is 5.01. The molecule has 0 fully saturated rings. The van der Waals surface area contributed by atoms with Crippen LogP contribution in [-0.4, -0.2) is 34.6 Å². The molecule has 0 unspecified atom stereocenters. The first-order valence-electron chi connectivity index (χ1n) is 5.61. The van der Waals surface area contributed by atoms with Gasteiger partial charge in [-0.1, -0.05) is 0 Å². The summed E-state index contributed by atoms with van der Waals surface area (Å²) < 4.78 is 6.51. The molecule has 6 nitrogen and oxygen atoms in total. The summed E-state index contributed by atoms with van der Waals surface area (Å²) in [6.07, 6.45) is 6.60. The molecule has 100 valence electrons. The molecule has 0 spiro atoms. The lowest BCUT2D eigenvalue weighted by atomic mass is 10.2. The van der Waals surface area contributed by atoms with Gasteiger partial charge in [-0.15, -0.1) is 0 Å². The molecule has 0 saturated carbocycles. The van der Waals surface area contributed by atoms with Gasteiger partial charge in [0.1, 0.15) is 5.56 Å². The van der Waals surface area contributed by atoms with Gasteiger partial charge >= 0.3 is 0 Å². The Labute approximate surface area is 114 Å². The predicted molar refractivity (Wildman–Crippen MR) is 75.0 cm³/mol. The van der Waals surface area contributed by atoms with Crippen molar-refractivity contribution in [2.75, 3.05) is 13.7 Å². The number of rotatable bonds is 4. The molecular weight excluding hydrogens is 266 g/mol. The number of methoxy groups -OCH3 is 1. The van der Waals surface area contributed by atoms with E-state index in [1.165, 1.54) is 10.6 Å². The second-order valence-corrected chi connectivity index (χ2v) is 4.23. The Bertz CT molecular complexity index is 668. The van der Waals surface area contributed by atoms with Gasteiger partial charge in [0.2, 0.25) is 5.88 Å². The van der Waals surface area contributed by atoms with E-state index in [1.807, 2.05) is 0 Å². The van der Waals surface area contributed by atoms with E-state index in [4.69, 9.17) is 17.0 Å². The number of H-pyrrole nitrogens is 1. The summed E-state index contributed by atoms with van der Waals surface area (Å²) in [5, 5.41) is 10.1. The Balaban J connectivity index is 2.52. The van der Waals surface area contributed by atoms with Crippen LogP contribution in [0.2, 0.25) is 0 Å². The van der Waals surface area contributed by atoms with E-state index in [-0.39, 0.29) is 16.2 Å². The molecule has 0 bridgehead atoms. The second-order valence-electron chi connectivity index (χ2n) is 3.85. The lowest BCUT2D eigenvalue weighted by molar-refractivity contribution is 0.182. The van der Waals surface area contributed by atoms with Crippen LogP contribution in [0.25, 0.3) is 6.08 Å². The Morgan fingerprint density at radius 2 is 2.42 bits per heavy atom. The molecule has 0 aliphatic carbocycles. The molecule has 0 radical (unpaired) electrons. The average Bonchev–Trinajstić information content (AvgIpc) is 2.87. The second kappa shape index (κ2) is 5.77. The van der Waals surface area contributed by atoms with Crippen molar-refractivity contribution in [1.29, 1.82) is 0 Å². The fraction of sp³-hybridized carbons (Fsp3) is 0.250. The summed E-state index contributed by atoms with van der Waals surface area (Å²) in [7, 11) is 1.55. The van der Waals surface area contributed by atoms with Crippen molar-refractivity contribution < 1.29 is 9.84 Å². The number of allylic oxidation sites excluding steroid dienone is 2. The van der Waals surface area contributed by atoms with E-state index < -0.39 is 5.56 Å². The van der Waals surface area contributed by atoms with Crippen LogP contribution in [0, 0.1) is 4.77 Å². The van der Waals surface area contributed by atoms with Gasteiger partial charge in [0.25, 0.3) is 5.56 Å². The first kappa shape index (κ1) is 13.4. The number of aromatic hydroxyl groups is 1. The maximum atomic E-state index is 11.8. The van der Waals surface area contributed by atoms with E-state index in [0.717, 1.165) is 0 Å². The SMILES string of the molecule is COCCn1c(O)c(/C=C2\C=CC=N2)c(=O)[nH]c1=S. The molecule has 2 heterocycles. The molecule has 0 amide bonds. The van der Waals surface area contributed by atoms with Gasteiger partial charge in [0.15, 0.2) is 4.77 Å². The fourth-order valence-electron chi connectivity index (χ4n) is 1.64. The maximum Gasteiger partial charge on any atom is 0.262 e. The van der Waals surface area contributed by atoms with Crippen molar-refractivity contribution in [1.82, 2.24) is 9.55 Å². The monoisotopic (exact) mass is 279 g/mol. The first-order valence-corrected chi connectivity index (χ1v) is 6.01. The van der Waals surface area contributed by atoms with Crippen LogP contribution >= 0.6 is 12.2 Å². The smallest absolute Gasteiger partial charge is 0.262 e. The summed E-state index contributed by atoms with van der Waals surface area (Å²) in [5.41, 5.74) is 0.277. The zero-order valence-corrected chi connectivity index (χ0v) is 11.1. The Hall–Kier alpha value is -1.99. The number of aliphatic imine (C=N–C) groups is 1. The quantitative estimate of drug-likeness (QED) is 0.813. The number of ether oxygens (including phenoxy) is 1. The number of hydrogen-bond donors (Lipinski definition) is 2. The third-order valence-electron chi connectivity index (χ3n) is 2.59. The van der Waals surface area contributed by atoms with Crippen molar-refractivity contribution in [2.45, 2.75) is 6.54 Å².